The van der Waals surface area contributed by atoms with Crippen LogP contribution in [-0.2, 0) is 4.74 Å². The summed E-state index contributed by atoms with van der Waals surface area (Å²) in [6.07, 6.45) is 0.715. The molecule has 0 spiro atoms. The molecule has 1 amide bonds. The van der Waals surface area contributed by atoms with Gasteiger partial charge in [0.15, 0.2) is 0 Å². The summed E-state index contributed by atoms with van der Waals surface area (Å²) in [5.41, 5.74) is 6.12. The number of rotatable bonds is 6. The first-order chi connectivity index (χ1) is 7.77. The predicted molar refractivity (Wildman–Crippen MR) is 63.2 cm³/mol. The van der Waals surface area contributed by atoms with Gasteiger partial charge in [0, 0.05) is 12.7 Å². The molecule has 0 radical (unpaired) electrons. The molecule has 0 bridgehead atoms. The fraction of sp³-hybridized carbons (Fsp3) is 0.417. The van der Waals surface area contributed by atoms with Gasteiger partial charge in [-0.05, 0) is 25.1 Å². The van der Waals surface area contributed by atoms with E-state index in [1.807, 2.05) is 18.2 Å². The molecule has 0 aliphatic heterocycles. The molecule has 0 aromatic heterocycles. The Labute approximate surface area is 95.8 Å². The van der Waals surface area contributed by atoms with E-state index in [1.165, 1.54) is 0 Å². The first-order valence-corrected chi connectivity index (χ1v) is 5.33. The van der Waals surface area contributed by atoms with Crippen LogP contribution in [0.3, 0.4) is 0 Å². The second-order valence-electron chi connectivity index (χ2n) is 3.57. The Morgan fingerprint density at radius 2 is 2.12 bits per heavy atom. The smallest absolute Gasteiger partial charge is 0.251 e. The van der Waals surface area contributed by atoms with E-state index in [2.05, 4.69) is 5.32 Å². The molecule has 0 saturated carbocycles. The van der Waals surface area contributed by atoms with Crippen molar-refractivity contribution in [3.63, 3.8) is 0 Å². The Hall–Kier alpha value is -1.39. The van der Waals surface area contributed by atoms with Crippen molar-refractivity contribution in [3.8, 4) is 0 Å². The Bertz CT molecular complexity index is 308. The fourth-order valence-electron chi connectivity index (χ4n) is 1.46. The molecule has 1 aromatic rings. The molecular formula is C12H18N2O2. The van der Waals surface area contributed by atoms with Crippen molar-refractivity contribution >= 4 is 5.91 Å². The maximum Gasteiger partial charge on any atom is 0.251 e. The molecule has 1 atom stereocenters. The highest BCUT2D eigenvalue weighted by Crippen LogP contribution is 2.00. The fourth-order valence-corrected chi connectivity index (χ4v) is 1.46. The van der Waals surface area contributed by atoms with Gasteiger partial charge >= 0.3 is 0 Å². The summed E-state index contributed by atoms with van der Waals surface area (Å²) in [5.74, 6) is -0.0869. The van der Waals surface area contributed by atoms with E-state index < -0.39 is 0 Å². The van der Waals surface area contributed by atoms with Crippen molar-refractivity contribution in [2.75, 3.05) is 20.3 Å². The first-order valence-electron chi connectivity index (χ1n) is 5.33. The molecule has 1 unspecified atom stereocenters. The third-order valence-electron chi connectivity index (χ3n) is 2.25. The lowest BCUT2D eigenvalue weighted by Gasteiger charge is -2.16. The molecule has 16 heavy (non-hydrogen) atoms. The summed E-state index contributed by atoms with van der Waals surface area (Å²) in [4.78, 5) is 11.8. The van der Waals surface area contributed by atoms with E-state index in [-0.39, 0.29) is 11.9 Å². The average molecular weight is 222 g/mol. The number of nitrogens with two attached hydrogens (primary N) is 1. The first kappa shape index (κ1) is 12.7. The molecule has 1 rings (SSSR count). The van der Waals surface area contributed by atoms with Gasteiger partial charge in [-0.1, -0.05) is 18.2 Å². The number of ether oxygens (including phenoxy) is 1. The molecular weight excluding hydrogens is 204 g/mol. The van der Waals surface area contributed by atoms with Gasteiger partial charge in [0.1, 0.15) is 0 Å². The molecule has 88 valence electrons. The van der Waals surface area contributed by atoms with Crippen LogP contribution in [0.2, 0.25) is 0 Å². The molecule has 4 nitrogen and oxygen atoms in total. The van der Waals surface area contributed by atoms with E-state index in [4.69, 9.17) is 10.5 Å². The Kier molecular flexibility index (Phi) is 5.53. The number of hydrogen-bond acceptors (Lipinski definition) is 3. The summed E-state index contributed by atoms with van der Waals surface area (Å²) >= 11 is 0. The minimum Gasteiger partial charge on any atom is -0.383 e. The summed E-state index contributed by atoms with van der Waals surface area (Å²) in [5, 5.41) is 2.89. The van der Waals surface area contributed by atoms with Crippen LogP contribution in [0.15, 0.2) is 30.3 Å². The molecule has 0 fully saturated rings. The highest BCUT2D eigenvalue weighted by Gasteiger charge is 2.12. The van der Waals surface area contributed by atoms with Gasteiger partial charge in [-0.15, -0.1) is 0 Å². The van der Waals surface area contributed by atoms with Crippen LogP contribution >= 0.6 is 0 Å². The van der Waals surface area contributed by atoms with Crippen molar-refractivity contribution in [1.82, 2.24) is 5.32 Å². The van der Waals surface area contributed by atoms with Gasteiger partial charge in [-0.3, -0.25) is 4.79 Å². The number of nitrogens with one attached hydrogen (secondary N) is 1. The second kappa shape index (κ2) is 6.98. The molecule has 1 aromatic carbocycles. The van der Waals surface area contributed by atoms with Gasteiger partial charge in [-0.2, -0.15) is 0 Å². The Balaban J connectivity index is 2.54. The minimum absolute atomic E-state index is 0.0253. The topological polar surface area (TPSA) is 64.3 Å². The zero-order chi connectivity index (χ0) is 11.8. The lowest BCUT2D eigenvalue weighted by molar-refractivity contribution is 0.0893. The highest BCUT2D eigenvalue weighted by atomic mass is 16.5. The molecule has 0 heterocycles. The number of carbonyl (C=O) groups excluding carboxylic acids is 1. The lowest BCUT2D eigenvalue weighted by atomic mass is 10.1. The van der Waals surface area contributed by atoms with Gasteiger partial charge < -0.3 is 15.8 Å². The SMILES string of the molecule is COCC(CCN)NC(=O)c1ccccc1. The molecule has 4 heteroatoms. The number of carbonyl (C=O) groups is 1. The van der Waals surface area contributed by atoms with Crippen molar-refractivity contribution in [2.24, 2.45) is 5.73 Å². The normalized spacial score (nSPS) is 12.1. The summed E-state index contributed by atoms with van der Waals surface area (Å²) < 4.78 is 5.02. The minimum atomic E-state index is -0.0869. The van der Waals surface area contributed by atoms with Crippen LogP contribution < -0.4 is 11.1 Å². The largest absolute Gasteiger partial charge is 0.383 e. The number of benzene rings is 1. The van der Waals surface area contributed by atoms with Crippen molar-refractivity contribution in [3.05, 3.63) is 35.9 Å². The average Bonchev–Trinajstić information content (AvgIpc) is 2.31. The van der Waals surface area contributed by atoms with Crippen LogP contribution in [0.5, 0.6) is 0 Å². The molecule has 3 N–H and O–H groups in total. The van der Waals surface area contributed by atoms with Crippen LogP contribution in [0.25, 0.3) is 0 Å². The van der Waals surface area contributed by atoms with Gasteiger partial charge in [0.05, 0.1) is 12.6 Å². The predicted octanol–water partition coefficient (Wildman–Crippen LogP) is 0.780. The quantitative estimate of drug-likeness (QED) is 0.747. The van der Waals surface area contributed by atoms with Crippen LogP contribution in [0, 0.1) is 0 Å². The monoisotopic (exact) mass is 222 g/mol. The summed E-state index contributed by atoms with van der Waals surface area (Å²) in [6, 6.07) is 9.08. The third-order valence-corrected chi connectivity index (χ3v) is 2.25. The van der Waals surface area contributed by atoms with E-state index in [0.29, 0.717) is 25.1 Å². The van der Waals surface area contributed by atoms with E-state index in [1.54, 1.807) is 19.2 Å². The van der Waals surface area contributed by atoms with E-state index in [9.17, 15) is 4.79 Å². The molecule has 0 aliphatic rings. The number of methoxy groups -OCH3 is 1. The Morgan fingerprint density at radius 3 is 2.69 bits per heavy atom. The summed E-state index contributed by atoms with van der Waals surface area (Å²) in [6.45, 7) is 1.01. The van der Waals surface area contributed by atoms with Crippen molar-refractivity contribution in [1.29, 1.82) is 0 Å². The van der Waals surface area contributed by atoms with Crippen molar-refractivity contribution < 1.29 is 9.53 Å². The maximum atomic E-state index is 11.8. The highest BCUT2D eigenvalue weighted by molar-refractivity contribution is 5.94. The standard InChI is InChI=1S/C12H18N2O2/c1-16-9-11(7-8-13)14-12(15)10-5-3-2-4-6-10/h2-6,11H,7-9,13H2,1H3,(H,14,15). The zero-order valence-electron chi connectivity index (χ0n) is 9.48. The van der Waals surface area contributed by atoms with Gasteiger partial charge in [0.25, 0.3) is 5.91 Å². The van der Waals surface area contributed by atoms with Gasteiger partial charge in [-0.25, -0.2) is 0 Å². The van der Waals surface area contributed by atoms with Gasteiger partial charge in [0.2, 0.25) is 0 Å². The Morgan fingerprint density at radius 1 is 1.44 bits per heavy atom. The number of hydrogen-bond donors (Lipinski definition) is 2. The molecule has 0 aliphatic carbocycles. The van der Waals surface area contributed by atoms with Crippen molar-refractivity contribution in [2.45, 2.75) is 12.5 Å². The second-order valence-corrected chi connectivity index (χ2v) is 3.57. The summed E-state index contributed by atoms with van der Waals surface area (Å²) in [7, 11) is 1.61. The lowest BCUT2D eigenvalue weighted by Crippen LogP contribution is -2.39. The number of amides is 1. The van der Waals surface area contributed by atoms with E-state index in [0.717, 1.165) is 0 Å². The zero-order valence-corrected chi connectivity index (χ0v) is 9.48. The van der Waals surface area contributed by atoms with Crippen LogP contribution in [0.1, 0.15) is 16.8 Å². The third kappa shape index (κ3) is 4.00. The maximum absolute atomic E-state index is 11.8. The molecule has 0 saturated heterocycles. The van der Waals surface area contributed by atoms with Crippen LogP contribution in [0.4, 0.5) is 0 Å². The van der Waals surface area contributed by atoms with Crippen LogP contribution in [-0.4, -0.2) is 32.2 Å². The van der Waals surface area contributed by atoms with E-state index >= 15 is 0 Å².